The molecule has 0 aliphatic carbocycles. The van der Waals surface area contributed by atoms with Crippen LogP contribution >= 0.6 is 38.9 Å². The molecule has 3 aromatic rings. The smallest absolute Gasteiger partial charge is 0.226 e. The molecule has 7 heteroatoms. The Morgan fingerprint density at radius 3 is 2.88 bits per heavy atom. The summed E-state index contributed by atoms with van der Waals surface area (Å²) in [5, 5.41) is 6.26. The summed E-state index contributed by atoms with van der Waals surface area (Å²) in [6, 6.07) is 13.2. The first-order valence-corrected chi connectivity index (χ1v) is 9.90. The van der Waals surface area contributed by atoms with Crippen molar-refractivity contribution in [2.45, 2.75) is 13.0 Å². The Bertz CT molecular complexity index is 929. The molecule has 3 rings (SSSR count). The van der Waals surface area contributed by atoms with Gasteiger partial charge in [0.1, 0.15) is 10.8 Å². The molecule has 0 saturated heterocycles. The third-order valence-corrected chi connectivity index (χ3v) is 5.46. The zero-order chi connectivity index (χ0) is 18.5. The van der Waals surface area contributed by atoms with Gasteiger partial charge in [-0.3, -0.25) is 4.79 Å². The Morgan fingerprint density at radius 2 is 2.12 bits per heavy atom. The minimum Gasteiger partial charge on any atom is -0.496 e. The van der Waals surface area contributed by atoms with E-state index in [2.05, 4.69) is 26.2 Å². The van der Waals surface area contributed by atoms with E-state index in [-0.39, 0.29) is 12.3 Å². The summed E-state index contributed by atoms with van der Waals surface area (Å²) in [5.41, 5.74) is 2.51. The zero-order valence-electron chi connectivity index (χ0n) is 14.0. The average molecular weight is 452 g/mol. The number of nitrogens with zero attached hydrogens (tertiary/aromatic N) is 1. The molecule has 0 aliphatic heterocycles. The highest BCUT2D eigenvalue weighted by Crippen LogP contribution is 2.30. The van der Waals surface area contributed by atoms with Crippen LogP contribution in [-0.2, 0) is 17.8 Å². The molecule has 0 atom stereocenters. The van der Waals surface area contributed by atoms with E-state index in [1.54, 1.807) is 7.11 Å². The van der Waals surface area contributed by atoms with Gasteiger partial charge in [-0.1, -0.05) is 45.7 Å². The van der Waals surface area contributed by atoms with E-state index in [9.17, 15) is 4.79 Å². The third kappa shape index (κ3) is 4.63. The molecule has 2 aromatic carbocycles. The van der Waals surface area contributed by atoms with Crippen LogP contribution in [0.15, 0.2) is 52.3 Å². The molecule has 0 saturated carbocycles. The van der Waals surface area contributed by atoms with Crippen molar-refractivity contribution in [3.8, 4) is 16.3 Å². The van der Waals surface area contributed by atoms with Crippen molar-refractivity contribution >= 4 is 44.8 Å². The van der Waals surface area contributed by atoms with Crippen LogP contribution in [0.5, 0.6) is 5.75 Å². The van der Waals surface area contributed by atoms with E-state index < -0.39 is 0 Å². The fourth-order valence-corrected chi connectivity index (χ4v) is 4.00. The Labute approximate surface area is 169 Å². The second-order valence-corrected chi connectivity index (χ2v) is 7.71. The molecule has 0 fully saturated rings. The van der Waals surface area contributed by atoms with Crippen LogP contribution in [-0.4, -0.2) is 18.0 Å². The summed E-state index contributed by atoms with van der Waals surface area (Å²) in [7, 11) is 1.61. The van der Waals surface area contributed by atoms with Crippen molar-refractivity contribution in [1.29, 1.82) is 0 Å². The topological polar surface area (TPSA) is 51.2 Å². The van der Waals surface area contributed by atoms with Crippen LogP contribution in [0.4, 0.5) is 0 Å². The van der Waals surface area contributed by atoms with Crippen molar-refractivity contribution < 1.29 is 9.53 Å². The molecule has 0 spiro atoms. The number of nitrogens with one attached hydrogen (secondary N) is 1. The monoisotopic (exact) mass is 450 g/mol. The fraction of sp³-hybridized carbons (Fsp3) is 0.158. The Kier molecular flexibility index (Phi) is 6.29. The number of ether oxygens (including phenoxy) is 1. The number of rotatable bonds is 6. The van der Waals surface area contributed by atoms with E-state index in [1.807, 2.05) is 47.8 Å². The van der Waals surface area contributed by atoms with Gasteiger partial charge in [0.25, 0.3) is 0 Å². The van der Waals surface area contributed by atoms with E-state index in [0.29, 0.717) is 11.6 Å². The van der Waals surface area contributed by atoms with Crippen LogP contribution < -0.4 is 10.1 Å². The number of hydrogen-bond donors (Lipinski definition) is 1. The van der Waals surface area contributed by atoms with Crippen LogP contribution in [0.2, 0.25) is 5.02 Å². The van der Waals surface area contributed by atoms with E-state index in [0.717, 1.165) is 32.1 Å². The summed E-state index contributed by atoms with van der Waals surface area (Å²) in [5.74, 6) is 0.645. The van der Waals surface area contributed by atoms with Crippen LogP contribution in [0.1, 0.15) is 11.3 Å². The van der Waals surface area contributed by atoms with Gasteiger partial charge in [0.15, 0.2) is 0 Å². The molecule has 134 valence electrons. The third-order valence-electron chi connectivity index (χ3n) is 3.72. The lowest BCUT2D eigenvalue weighted by molar-refractivity contribution is -0.120. The number of thiazole rings is 1. The largest absolute Gasteiger partial charge is 0.496 e. The molecule has 1 aromatic heterocycles. The molecule has 4 nitrogen and oxygen atoms in total. The van der Waals surface area contributed by atoms with Crippen LogP contribution in [0, 0.1) is 0 Å². The van der Waals surface area contributed by atoms with Crippen molar-refractivity contribution in [2.24, 2.45) is 0 Å². The zero-order valence-corrected chi connectivity index (χ0v) is 17.1. The molecular formula is C19H16BrClN2O2S. The predicted molar refractivity (Wildman–Crippen MR) is 109 cm³/mol. The summed E-state index contributed by atoms with van der Waals surface area (Å²) in [6.45, 7) is 0.392. The molecule has 1 heterocycles. The van der Waals surface area contributed by atoms with E-state index in [1.165, 1.54) is 11.3 Å². The highest BCUT2D eigenvalue weighted by Gasteiger charge is 2.12. The van der Waals surface area contributed by atoms with Crippen LogP contribution in [0.25, 0.3) is 10.6 Å². The SMILES string of the molecule is COc1ccc(Br)cc1CNC(=O)Cc1csc(-c2ccccc2Cl)n1. The number of methoxy groups -OCH3 is 1. The molecule has 0 radical (unpaired) electrons. The lowest BCUT2D eigenvalue weighted by atomic mass is 10.2. The minimum atomic E-state index is -0.0944. The molecule has 26 heavy (non-hydrogen) atoms. The number of halogens is 2. The van der Waals surface area contributed by atoms with E-state index >= 15 is 0 Å². The van der Waals surface area contributed by atoms with Crippen molar-refractivity contribution in [3.05, 3.63) is 68.6 Å². The number of hydrogen-bond acceptors (Lipinski definition) is 4. The van der Waals surface area contributed by atoms with Crippen molar-refractivity contribution in [1.82, 2.24) is 10.3 Å². The van der Waals surface area contributed by atoms with Gasteiger partial charge in [0.2, 0.25) is 5.91 Å². The van der Waals surface area contributed by atoms with Gasteiger partial charge in [0.05, 0.1) is 24.2 Å². The molecule has 0 bridgehead atoms. The fourth-order valence-electron chi connectivity index (χ4n) is 2.45. The summed E-state index contributed by atoms with van der Waals surface area (Å²) >= 11 is 11.1. The summed E-state index contributed by atoms with van der Waals surface area (Å²) in [6.07, 6.45) is 0.220. The number of benzene rings is 2. The second kappa shape index (κ2) is 8.66. The Hall–Kier alpha value is -1.89. The standard InChI is InChI=1S/C19H16BrClN2O2S/c1-25-17-7-6-13(20)8-12(17)10-22-18(24)9-14-11-26-19(23-14)15-4-2-3-5-16(15)21/h2-8,11H,9-10H2,1H3,(H,22,24). The summed E-state index contributed by atoms with van der Waals surface area (Å²) < 4.78 is 6.26. The van der Waals surface area contributed by atoms with Gasteiger partial charge in [-0.25, -0.2) is 4.98 Å². The second-order valence-electron chi connectivity index (χ2n) is 5.53. The first-order chi connectivity index (χ1) is 12.6. The maximum Gasteiger partial charge on any atom is 0.226 e. The van der Waals surface area contributed by atoms with Gasteiger partial charge in [-0.05, 0) is 24.3 Å². The molecule has 1 amide bonds. The molecule has 0 aliphatic rings. The predicted octanol–water partition coefficient (Wildman–Crippen LogP) is 5.09. The van der Waals surface area contributed by atoms with Gasteiger partial charge < -0.3 is 10.1 Å². The highest BCUT2D eigenvalue weighted by atomic mass is 79.9. The molecular weight excluding hydrogens is 436 g/mol. The quantitative estimate of drug-likeness (QED) is 0.568. The average Bonchev–Trinajstić information content (AvgIpc) is 3.08. The van der Waals surface area contributed by atoms with Crippen molar-refractivity contribution in [2.75, 3.05) is 7.11 Å². The number of carbonyl (C=O) groups excluding carboxylic acids is 1. The normalized spacial score (nSPS) is 10.6. The van der Waals surface area contributed by atoms with Gasteiger partial charge in [-0.2, -0.15) is 0 Å². The van der Waals surface area contributed by atoms with Crippen molar-refractivity contribution in [3.63, 3.8) is 0 Å². The Balaban J connectivity index is 1.63. The first kappa shape index (κ1) is 18.9. The minimum absolute atomic E-state index is 0.0944. The number of aromatic nitrogens is 1. The highest BCUT2D eigenvalue weighted by molar-refractivity contribution is 9.10. The summed E-state index contributed by atoms with van der Waals surface area (Å²) in [4.78, 5) is 16.8. The Morgan fingerprint density at radius 1 is 1.31 bits per heavy atom. The maximum atomic E-state index is 12.3. The van der Waals surface area contributed by atoms with Crippen LogP contribution in [0.3, 0.4) is 0 Å². The lowest BCUT2D eigenvalue weighted by Crippen LogP contribution is -2.24. The van der Waals surface area contributed by atoms with Gasteiger partial charge >= 0.3 is 0 Å². The van der Waals surface area contributed by atoms with E-state index in [4.69, 9.17) is 16.3 Å². The number of amides is 1. The molecule has 0 unspecified atom stereocenters. The number of carbonyl (C=O) groups is 1. The maximum absolute atomic E-state index is 12.3. The molecule has 1 N–H and O–H groups in total. The van der Waals surface area contributed by atoms with Gasteiger partial charge in [-0.15, -0.1) is 11.3 Å². The first-order valence-electron chi connectivity index (χ1n) is 7.85. The van der Waals surface area contributed by atoms with Gasteiger partial charge in [0, 0.05) is 27.5 Å². The lowest BCUT2D eigenvalue weighted by Gasteiger charge is -2.10.